The standard InChI is InChI=1S/C18H30N4O2/c1-15(16-5-7-17(23)8-6-16)19-18(24)22-13-11-21(12-14-22)10-4-9-20(2)3/h5-8,15,23H,4,9-14H2,1-3H3,(H,19,24)/t15-/m1/s1. The van der Waals surface area contributed by atoms with Gasteiger partial charge < -0.3 is 20.2 Å². The third-order valence-corrected chi connectivity index (χ3v) is 4.47. The summed E-state index contributed by atoms with van der Waals surface area (Å²) in [4.78, 5) is 18.9. The minimum atomic E-state index is -0.0729. The van der Waals surface area contributed by atoms with Crippen LogP contribution in [0.4, 0.5) is 4.79 Å². The number of hydrogen-bond acceptors (Lipinski definition) is 4. The number of aromatic hydroxyl groups is 1. The van der Waals surface area contributed by atoms with Crippen LogP contribution in [-0.2, 0) is 0 Å². The van der Waals surface area contributed by atoms with Crippen molar-refractivity contribution in [1.82, 2.24) is 20.0 Å². The van der Waals surface area contributed by atoms with Gasteiger partial charge in [0.15, 0.2) is 0 Å². The summed E-state index contributed by atoms with van der Waals surface area (Å²) in [6, 6.07) is 6.88. The second kappa shape index (κ2) is 8.89. The van der Waals surface area contributed by atoms with Gasteiger partial charge in [0.25, 0.3) is 0 Å². The second-order valence-electron chi connectivity index (χ2n) is 6.75. The van der Waals surface area contributed by atoms with E-state index in [0.29, 0.717) is 0 Å². The summed E-state index contributed by atoms with van der Waals surface area (Å²) in [7, 11) is 4.19. The molecule has 2 rings (SSSR count). The third kappa shape index (κ3) is 5.69. The smallest absolute Gasteiger partial charge is 0.317 e. The molecule has 1 saturated heterocycles. The van der Waals surface area contributed by atoms with Crippen molar-refractivity contribution < 1.29 is 9.90 Å². The number of nitrogens with one attached hydrogen (secondary N) is 1. The zero-order valence-corrected chi connectivity index (χ0v) is 15.0. The number of urea groups is 1. The van der Waals surface area contributed by atoms with Gasteiger partial charge in [0.1, 0.15) is 5.75 Å². The number of benzene rings is 1. The molecule has 2 N–H and O–H groups in total. The lowest BCUT2D eigenvalue weighted by Gasteiger charge is -2.35. The van der Waals surface area contributed by atoms with Crippen LogP contribution in [0.25, 0.3) is 0 Å². The van der Waals surface area contributed by atoms with Crippen molar-refractivity contribution in [2.75, 3.05) is 53.4 Å². The number of phenolic OH excluding ortho intramolecular Hbond substituents is 1. The number of rotatable bonds is 6. The van der Waals surface area contributed by atoms with Crippen molar-refractivity contribution in [2.45, 2.75) is 19.4 Å². The van der Waals surface area contributed by atoms with Gasteiger partial charge in [-0.1, -0.05) is 12.1 Å². The normalized spacial score (nSPS) is 17.1. The largest absolute Gasteiger partial charge is 0.508 e. The van der Waals surface area contributed by atoms with E-state index in [4.69, 9.17) is 0 Å². The maximum atomic E-state index is 12.4. The molecule has 134 valence electrons. The Morgan fingerprint density at radius 2 is 1.83 bits per heavy atom. The van der Waals surface area contributed by atoms with Gasteiger partial charge in [0.2, 0.25) is 0 Å². The summed E-state index contributed by atoms with van der Waals surface area (Å²) in [5, 5.41) is 12.4. The Morgan fingerprint density at radius 1 is 1.21 bits per heavy atom. The van der Waals surface area contributed by atoms with Gasteiger partial charge >= 0.3 is 6.03 Å². The average molecular weight is 334 g/mol. The summed E-state index contributed by atoms with van der Waals surface area (Å²) >= 11 is 0. The van der Waals surface area contributed by atoms with Gasteiger partial charge in [0, 0.05) is 26.2 Å². The van der Waals surface area contributed by atoms with Crippen LogP contribution < -0.4 is 5.32 Å². The van der Waals surface area contributed by atoms with Crippen molar-refractivity contribution in [3.8, 4) is 5.75 Å². The molecule has 0 spiro atoms. The van der Waals surface area contributed by atoms with Gasteiger partial charge in [-0.15, -0.1) is 0 Å². The summed E-state index contributed by atoms with van der Waals surface area (Å²) in [5.41, 5.74) is 0.989. The molecule has 1 heterocycles. The van der Waals surface area contributed by atoms with E-state index in [1.165, 1.54) is 0 Å². The fraction of sp³-hybridized carbons (Fsp3) is 0.611. The van der Waals surface area contributed by atoms with E-state index < -0.39 is 0 Å². The predicted octanol–water partition coefficient (Wildman–Crippen LogP) is 1.73. The molecule has 0 aromatic heterocycles. The Hall–Kier alpha value is -1.79. The highest BCUT2D eigenvalue weighted by Crippen LogP contribution is 2.16. The van der Waals surface area contributed by atoms with Crippen LogP contribution >= 0.6 is 0 Å². The van der Waals surface area contributed by atoms with Crippen LogP contribution in [0.5, 0.6) is 5.75 Å². The molecule has 1 aliphatic rings. The molecule has 0 bridgehead atoms. The lowest BCUT2D eigenvalue weighted by Crippen LogP contribution is -2.52. The fourth-order valence-corrected chi connectivity index (χ4v) is 2.91. The number of amides is 2. The molecule has 0 unspecified atom stereocenters. The summed E-state index contributed by atoms with van der Waals surface area (Å²) in [6.45, 7) is 7.58. The van der Waals surface area contributed by atoms with Crippen molar-refractivity contribution in [3.63, 3.8) is 0 Å². The van der Waals surface area contributed by atoms with E-state index in [0.717, 1.165) is 51.3 Å². The van der Waals surface area contributed by atoms with Gasteiger partial charge in [-0.25, -0.2) is 4.79 Å². The molecular formula is C18H30N4O2. The third-order valence-electron chi connectivity index (χ3n) is 4.47. The number of nitrogens with zero attached hydrogens (tertiary/aromatic N) is 3. The van der Waals surface area contributed by atoms with Crippen molar-refractivity contribution in [3.05, 3.63) is 29.8 Å². The predicted molar refractivity (Wildman–Crippen MR) is 96.2 cm³/mol. The first-order chi connectivity index (χ1) is 11.5. The Labute approximate surface area is 145 Å². The summed E-state index contributed by atoms with van der Waals surface area (Å²) in [5.74, 6) is 0.239. The highest BCUT2D eigenvalue weighted by molar-refractivity contribution is 5.74. The molecule has 6 nitrogen and oxygen atoms in total. The molecule has 24 heavy (non-hydrogen) atoms. The van der Waals surface area contributed by atoms with E-state index in [1.807, 2.05) is 24.0 Å². The lowest BCUT2D eigenvalue weighted by atomic mass is 10.1. The number of hydrogen-bond donors (Lipinski definition) is 2. The van der Waals surface area contributed by atoms with Crippen molar-refractivity contribution in [2.24, 2.45) is 0 Å². The number of phenols is 1. The minimum Gasteiger partial charge on any atom is -0.508 e. The Morgan fingerprint density at radius 3 is 2.42 bits per heavy atom. The molecule has 0 saturated carbocycles. The molecule has 6 heteroatoms. The van der Waals surface area contributed by atoms with E-state index in [2.05, 4.69) is 29.2 Å². The van der Waals surface area contributed by atoms with E-state index in [9.17, 15) is 9.90 Å². The molecule has 1 atom stereocenters. The van der Waals surface area contributed by atoms with Crippen LogP contribution in [0.2, 0.25) is 0 Å². The van der Waals surface area contributed by atoms with Crippen LogP contribution in [0.15, 0.2) is 24.3 Å². The van der Waals surface area contributed by atoms with Crippen LogP contribution in [0.3, 0.4) is 0 Å². The number of piperazine rings is 1. The molecule has 0 radical (unpaired) electrons. The van der Waals surface area contributed by atoms with Gasteiger partial charge in [-0.3, -0.25) is 4.90 Å². The average Bonchev–Trinajstić information content (AvgIpc) is 2.55. The zero-order valence-electron chi connectivity index (χ0n) is 15.0. The Kier molecular flexibility index (Phi) is 6.87. The Bertz CT molecular complexity index is 510. The Balaban J connectivity index is 1.73. The fourth-order valence-electron chi connectivity index (χ4n) is 2.91. The van der Waals surface area contributed by atoms with Gasteiger partial charge in [0.05, 0.1) is 6.04 Å². The number of carbonyl (C=O) groups excluding carboxylic acids is 1. The molecule has 2 amide bonds. The van der Waals surface area contributed by atoms with Crippen LogP contribution in [0, 0.1) is 0 Å². The van der Waals surface area contributed by atoms with E-state index in [1.54, 1.807) is 12.1 Å². The first kappa shape index (κ1) is 18.5. The van der Waals surface area contributed by atoms with Crippen molar-refractivity contribution >= 4 is 6.03 Å². The first-order valence-electron chi connectivity index (χ1n) is 8.67. The quantitative estimate of drug-likeness (QED) is 0.832. The van der Waals surface area contributed by atoms with Crippen molar-refractivity contribution in [1.29, 1.82) is 0 Å². The molecule has 0 aliphatic carbocycles. The second-order valence-corrected chi connectivity index (χ2v) is 6.75. The van der Waals surface area contributed by atoms with E-state index >= 15 is 0 Å². The monoisotopic (exact) mass is 334 g/mol. The highest BCUT2D eigenvalue weighted by Gasteiger charge is 2.22. The maximum absolute atomic E-state index is 12.4. The summed E-state index contributed by atoms with van der Waals surface area (Å²) < 4.78 is 0. The molecular weight excluding hydrogens is 304 g/mol. The van der Waals surface area contributed by atoms with Gasteiger partial charge in [-0.05, 0) is 58.2 Å². The van der Waals surface area contributed by atoms with E-state index in [-0.39, 0.29) is 17.8 Å². The molecule has 1 fully saturated rings. The SMILES string of the molecule is C[C@@H](NC(=O)N1CCN(CCCN(C)C)CC1)c1ccc(O)cc1. The number of carbonyl (C=O) groups is 1. The van der Waals surface area contributed by atoms with Gasteiger partial charge in [-0.2, -0.15) is 0 Å². The van der Waals surface area contributed by atoms with Crippen LogP contribution in [0.1, 0.15) is 24.9 Å². The molecule has 1 aromatic rings. The minimum absolute atomic E-state index is 0.0106. The maximum Gasteiger partial charge on any atom is 0.317 e. The summed E-state index contributed by atoms with van der Waals surface area (Å²) in [6.07, 6.45) is 1.16. The van der Waals surface area contributed by atoms with Crippen LogP contribution in [-0.4, -0.2) is 79.2 Å². The lowest BCUT2D eigenvalue weighted by molar-refractivity contribution is 0.135. The molecule has 1 aromatic carbocycles. The topological polar surface area (TPSA) is 59.1 Å². The zero-order chi connectivity index (χ0) is 17.5. The highest BCUT2D eigenvalue weighted by atomic mass is 16.3. The first-order valence-corrected chi connectivity index (χ1v) is 8.67. The molecule has 1 aliphatic heterocycles.